The van der Waals surface area contributed by atoms with E-state index in [1.165, 1.54) is 4.90 Å². The summed E-state index contributed by atoms with van der Waals surface area (Å²) in [4.78, 5) is 28.3. The highest BCUT2D eigenvalue weighted by atomic mass is 32.1. The number of carbonyl (C=O) groups is 2. The van der Waals surface area contributed by atoms with Gasteiger partial charge >= 0.3 is 0 Å². The van der Waals surface area contributed by atoms with Gasteiger partial charge in [0.1, 0.15) is 11.3 Å². The van der Waals surface area contributed by atoms with Gasteiger partial charge in [0.2, 0.25) is 0 Å². The lowest BCUT2D eigenvalue weighted by molar-refractivity contribution is -0.128. The molecule has 0 saturated carbocycles. The third-order valence-electron chi connectivity index (χ3n) is 4.40. The highest BCUT2D eigenvalue weighted by Crippen LogP contribution is 2.28. The second kappa shape index (κ2) is 7.84. The van der Waals surface area contributed by atoms with E-state index >= 15 is 0 Å². The number of benzene rings is 1. The fraction of sp³-hybridized carbons (Fsp3) is 0.389. The van der Waals surface area contributed by atoms with Gasteiger partial charge in [0.15, 0.2) is 5.11 Å². The lowest BCUT2D eigenvalue weighted by Crippen LogP contribution is -2.53. The Labute approximate surface area is 157 Å². The average molecular weight is 375 g/mol. The molecule has 2 heterocycles. The first-order valence-electron chi connectivity index (χ1n) is 8.44. The molecule has 1 N–H and O–H groups in total. The molecule has 138 valence electrons. The topological polar surface area (TPSA) is 71.1 Å². The van der Waals surface area contributed by atoms with Gasteiger partial charge in [0.05, 0.1) is 20.3 Å². The number of anilines is 1. The van der Waals surface area contributed by atoms with Crippen molar-refractivity contribution in [2.45, 2.75) is 6.92 Å². The van der Waals surface area contributed by atoms with E-state index < -0.39 is 11.8 Å². The average Bonchev–Trinajstić information content (AvgIpc) is 2.66. The third kappa shape index (κ3) is 3.56. The summed E-state index contributed by atoms with van der Waals surface area (Å²) in [5, 5.41) is 2.68. The van der Waals surface area contributed by atoms with E-state index in [0.29, 0.717) is 31.1 Å². The van der Waals surface area contributed by atoms with E-state index in [4.69, 9.17) is 21.7 Å². The zero-order valence-corrected chi connectivity index (χ0v) is 15.6. The molecule has 2 fully saturated rings. The van der Waals surface area contributed by atoms with Crippen LogP contribution in [-0.4, -0.2) is 61.8 Å². The van der Waals surface area contributed by atoms with Crippen LogP contribution < -0.4 is 15.0 Å². The SMILES string of the molecule is CCN1C(=O)/C(=C/c2ccc(N3CCOCC3)cc2OC)C(=O)NC1=S. The molecule has 0 spiro atoms. The molecule has 0 aromatic heterocycles. The number of morpholine rings is 1. The maximum atomic E-state index is 12.5. The molecule has 26 heavy (non-hydrogen) atoms. The second-order valence-electron chi connectivity index (χ2n) is 5.89. The Morgan fingerprint density at radius 3 is 2.69 bits per heavy atom. The van der Waals surface area contributed by atoms with Crippen molar-refractivity contribution in [3.05, 3.63) is 29.3 Å². The number of ether oxygens (including phenoxy) is 2. The monoisotopic (exact) mass is 375 g/mol. The molecule has 2 aliphatic heterocycles. The normalized spacial score (nSPS) is 19.8. The number of likely N-dealkylation sites (N-methyl/N-ethyl adjacent to an activating group) is 1. The summed E-state index contributed by atoms with van der Waals surface area (Å²) < 4.78 is 10.9. The Hall–Kier alpha value is -2.45. The summed E-state index contributed by atoms with van der Waals surface area (Å²) in [6, 6.07) is 5.71. The Morgan fingerprint density at radius 2 is 2.04 bits per heavy atom. The van der Waals surface area contributed by atoms with Crippen molar-refractivity contribution in [3.8, 4) is 5.75 Å². The van der Waals surface area contributed by atoms with Crippen LogP contribution in [0.25, 0.3) is 6.08 Å². The molecule has 2 saturated heterocycles. The van der Waals surface area contributed by atoms with Gasteiger partial charge in [-0.05, 0) is 37.4 Å². The number of hydrogen-bond acceptors (Lipinski definition) is 6. The summed E-state index contributed by atoms with van der Waals surface area (Å²) in [5.41, 5.74) is 1.72. The second-order valence-corrected chi connectivity index (χ2v) is 6.28. The maximum Gasteiger partial charge on any atom is 0.265 e. The Balaban J connectivity index is 1.92. The maximum absolute atomic E-state index is 12.5. The molecule has 0 unspecified atom stereocenters. The van der Waals surface area contributed by atoms with Crippen molar-refractivity contribution >= 4 is 40.9 Å². The summed E-state index contributed by atoms with van der Waals surface area (Å²) in [6.45, 7) is 5.20. The minimum absolute atomic E-state index is 0.0397. The summed E-state index contributed by atoms with van der Waals surface area (Å²) in [5.74, 6) is -0.303. The Kier molecular flexibility index (Phi) is 5.53. The van der Waals surface area contributed by atoms with Crippen molar-refractivity contribution in [1.82, 2.24) is 10.2 Å². The van der Waals surface area contributed by atoms with E-state index in [1.54, 1.807) is 20.1 Å². The quantitative estimate of drug-likeness (QED) is 0.484. The predicted octanol–water partition coefficient (Wildman–Crippen LogP) is 1.18. The third-order valence-corrected chi connectivity index (χ3v) is 4.72. The van der Waals surface area contributed by atoms with Crippen molar-refractivity contribution in [2.24, 2.45) is 0 Å². The zero-order chi connectivity index (χ0) is 18.7. The van der Waals surface area contributed by atoms with Crippen molar-refractivity contribution < 1.29 is 19.1 Å². The van der Waals surface area contributed by atoms with Crippen LogP contribution in [0.4, 0.5) is 5.69 Å². The van der Waals surface area contributed by atoms with Gasteiger partial charge in [-0.1, -0.05) is 0 Å². The van der Waals surface area contributed by atoms with Gasteiger partial charge in [-0.15, -0.1) is 0 Å². The summed E-state index contributed by atoms with van der Waals surface area (Å²) in [7, 11) is 1.57. The van der Waals surface area contributed by atoms with E-state index in [2.05, 4.69) is 10.2 Å². The van der Waals surface area contributed by atoms with E-state index in [0.717, 1.165) is 18.8 Å². The number of hydrogen-bond donors (Lipinski definition) is 1. The minimum atomic E-state index is -0.496. The van der Waals surface area contributed by atoms with Gasteiger partial charge < -0.3 is 14.4 Å². The lowest BCUT2D eigenvalue weighted by atomic mass is 10.1. The molecule has 3 rings (SSSR count). The van der Waals surface area contributed by atoms with E-state index in [-0.39, 0.29) is 10.7 Å². The molecule has 2 amide bonds. The van der Waals surface area contributed by atoms with Gasteiger partial charge in [-0.2, -0.15) is 0 Å². The van der Waals surface area contributed by atoms with Gasteiger partial charge in [0, 0.05) is 37.0 Å². The van der Waals surface area contributed by atoms with Crippen LogP contribution in [0.5, 0.6) is 5.75 Å². The van der Waals surface area contributed by atoms with Crippen LogP contribution in [0, 0.1) is 0 Å². The molecule has 2 aliphatic rings. The zero-order valence-electron chi connectivity index (χ0n) is 14.8. The molecule has 0 atom stereocenters. The highest BCUT2D eigenvalue weighted by molar-refractivity contribution is 7.80. The number of nitrogens with one attached hydrogen (secondary N) is 1. The first-order valence-corrected chi connectivity index (χ1v) is 8.85. The van der Waals surface area contributed by atoms with Crippen LogP contribution in [0.1, 0.15) is 12.5 Å². The van der Waals surface area contributed by atoms with Crippen molar-refractivity contribution in [1.29, 1.82) is 0 Å². The molecule has 0 bridgehead atoms. The number of thiocarbonyl (C=S) groups is 1. The summed E-state index contributed by atoms with van der Waals surface area (Å²) >= 11 is 5.04. The van der Waals surface area contributed by atoms with Gasteiger partial charge in [-0.3, -0.25) is 19.8 Å². The lowest BCUT2D eigenvalue weighted by Gasteiger charge is -2.29. The highest BCUT2D eigenvalue weighted by Gasteiger charge is 2.32. The molecule has 7 nitrogen and oxygen atoms in total. The Bertz CT molecular complexity index is 772. The molecular weight excluding hydrogens is 354 g/mol. The van der Waals surface area contributed by atoms with Crippen LogP contribution in [0.3, 0.4) is 0 Å². The van der Waals surface area contributed by atoms with Crippen LogP contribution >= 0.6 is 12.2 Å². The fourth-order valence-electron chi connectivity index (χ4n) is 2.97. The minimum Gasteiger partial charge on any atom is -0.496 e. The largest absolute Gasteiger partial charge is 0.496 e. The number of rotatable bonds is 4. The number of nitrogens with zero attached hydrogens (tertiary/aromatic N) is 2. The standard InChI is InChI=1S/C18H21N3O4S/c1-3-21-17(23)14(16(22)19-18(21)26)10-12-4-5-13(11-15(12)24-2)20-6-8-25-9-7-20/h4-5,10-11H,3,6-9H2,1-2H3,(H,19,22,26)/b14-10+. The molecule has 1 aromatic carbocycles. The van der Waals surface area contributed by atoms with Crippen molar-refractivity contribution in [2.75, 3.05) is 44.9 Å². The number of carbonyl (C=O) groups excluding carboxylic acids is 2. The van der Waals surface area contributed by atoms with Gasteiger partial charge in [-0.25, -0.2) is 0 Å². The first kappa shape index (κ1) is 18.3. The molecule has 0 radical (unpaired) electrons. The molecule has 8 heteroatoms. The smallest absolute Gasteiger partial charge is 0.265 e. The van der Waals surface area contributed by atoms with Crippen LogP contribution in [0.15, 0.2) is 23.8 Å². The molecule has 0 aliphatic carbocycles. The molecular formula is C18H21N3O4S. The Morgan fingerprint density at radius 1 is 1.31 bits per heavy atom. The van der Waals surface area contributed by atoms with Crippen LogP contribution in [-0.2, 0) is 14.3 Å². The number of methoxy groups -OCH3 is 1. The predicted molar refractivity (Wildman–Crippen MR) is 102 cm³/mol. The van der Waals surface area contributed by atoms with Crippen LogP contribution in [0.2, 0.25) is 0 Å². The fourth-order valence-corrected chi connectivity index (χ4v) is 3.28. The van der Waals surface area contributed by atoms with E-state index in [1.807, 2.05) is 18.2 Å². The molecule has 1 aromatic rings. The van der Waals surface area contributed by atoms with Gasteiger partial charge in [0.25, 0.3) is 11.8 Å². The first-order chi connectivity index (χ1) is 12.5. The van der Waals surface area contributed by atoms with E-state index in [9.17, 15) is 9.59 Å². The summed E-state index contributed by atoms with van der Waals surface area (Å²) in [6.07, 6.45) is 1.55. The number of amides is 2. The van der Waals surface area contributed by atoms with Crippen molar-refractivity contribution in [3.63, 3.8) is 0 Å².